The Labute approximate surface area is 204 Å². The molecule has 2 amide bonds. The molecule has 11 heteroatoms. The number of methoxy groups -OCH3 is 1. The normalized spacial score (nSPS) is 12.6. The number of carbonyl (C=O) groups excluding carboxylic acids is 3. The first-order valence-corrected chi connectivity index (χ1v) is 10.9. The molecular weight excluding hydrogens is 478 g/mol. The summed E-state index contributed by atoms with van der Waals surface area (Å²) in [6.45, 7) is 0.0368. The molecule has 0 bridgehead atoms. The van der Waals surface area contributed by atoms with Gasteiger partial charge in [-0.3, -0.25) is 19.3 Å². The number of halogens is 2. The van der Waals surface area contributed by atoms with Crippen molar-refractivity contribution in [3.63, 3.8) is 0 Å². The van der Waals surface area contributed by atoms with Crippen molar-refractivity contribution >= 4 is 23.3 Å². The van der Waals surface area contributed by atoms with Gasteiger partial charge in [0, 0.05) is 25.3 Å². The summed E-state index contributed by atoms with van der Waals surface area (Å²) in [6, 6.07) is 10.6. The van der Waals surface area contributed by atoms with E-state index in [1.165, 1.54) is 36.3 Å². The van der Waals surface area contributed by atoms with E-state index in [1.54, 1.807) is 12.1 Å². The van der Waals surface area contributed by atoms with Gasteiger partial charge in [-0.1, -0.05) is 0 Å². The number of benzene rings is 2. The van der Waals surface area contributed by atoms with Crippen molar-refractivity contribution in [1.82, 2.24) is 5.32 Å². The first kappa shape index (κ1) is 24.9. The maximum absolute atomic E-state index is 13.4. The van der Waals surface area contributed by atoms with Crippen LogP contribution in [-0.2, 0) is 16.1 Å². The van der Waals surface area contributed by atoms with Crippen molar-refractivity contribution in [1.29, 1.82) is 0 Å². The van der Waals surface area contributed by atoms with Crippen molar-refractivity contribution in [2.24, 2.45) is 0 Å². The van der Waals surface area contributed by atoms with Crippen LogP contribution in [0.1, 0.15) is 26.7 Å². The number of ether oxygens (including phenoxy) is 3. The van der Waals surface area contributed by atoms with Gasteiger partial charge < -0.3 is 23.9 Å². The number of furan rings is 1. The zero-order valence-corrected chi connectivity index (χ0v) is 19.2. The molecule has 3 aromatic rings. The Balaban J connectivity index is 1.47. The fraction of sp³-hybridized carbons (Fsp3) is 0.240. The van der Waals surface area contributed by atoms with Crippen LogP contribution in [0.3, 0.4) is 0 Å². The Morgan fingerprint density at radius 3 is 2.69 bits per heavy atom. The second-order valence-electron chi connectivity index (χ2n) is 7.75. The Morgan fingerprint density at radius 1 is 1.08 bits per heavy atom. The smallest absolute Gasteiger partial charge is 0.287 e. The molecule has 0 saturated carbocycles. The van der Waals surface area contributed by atoms with Crippen LogP contribution in [0.5, 0.6) is 11.5 Å². The molecule has 188 valence electrons. The van der Waals surface area contributed by atoms with E-state index in [2.05, 4.69) is 5.32 Å². The number of nitrogens with zero attached hydrogens (tertiary/aromatic N) is 1. The number of fused-ring (bicyclic) bond motifs is 1. The fourth-order valence-electron chi connectivity index (χ4n) is 3.44. The van der Waals surface area contributed by atoms with Crippen molar-refractivity contribution in [2.45, 2.75) is 6.54 Å². The van der Waals surface area contributed by atoms with Crippen LogP contribution in [0.4, 0.5) is 14.5 Å². The summed E-state index contributed by atoms with van der Waals surface area (Å²) in [5, 5.41) is 2.64. The Hall–Kier alpha value is -4.25. The van der Waals surface area contributed by atoms with Crippen LogP contribution in [0.2, 0.25) is 0 Å². The van der Waals surface area contributed by atoms with Crippen molar-refractivity contribution < 1.29 is 41.8 Å². The average molecular weight is 500 g/mol. The number of hydrogen-bond acceptors (Lipinski definition) is 7. The monoisotopic (exact) mass is 500 g/mol. The minimum atomic E-state index is -1.09. The van der Waals surface area contributed by atoms with Gasteiger partial charge >= 0.3 is 0 Å². The van der Waals surface area contributed by atoms with Gasteiger partial charge in [0.1, 0.15) is 17.3 Å². The molecule has 0 radical (unpaired) electrons. The van der Waals surface area contributed by atoms with Gasteiger partial charge in [0.25, 0.3) is 11.8 Å². The first-order valence-electron chi connectivity index (χ1n) is 10.9. The number of anilines is 1. The first-order chi connectivity index (χ1) is 17.4. The van der Waals surface area contributed by atoms with E-state index < -0.39 is 29.9 Å². The van der Waals surface area contributed by atoms with Crippen LogP contribution < -0.4 is 19.7 Å². The molecule has 1 N–H and O–H groups in total. The van der Waals surface area contributed by atoms with E-state index in [-0.39, 0.29) is 36.1 Å². The Kier molecular flexibility index (Phi) is 7.59. The summed E-state index contributed by atoms with van der Waals surface area (Å²) < 4.78 is 47.7. The molecule has 1 aromatic heterocycles. The quantitative estimate of drug-likeness (QED) is 0.337. The number of rotatable bonds is 10. The molecule has 1 aliphatic rings. The lowest BCUT2D eigenvalue weighted by molar-refractivity contribution is -0.121. The van der Waals surface area contributed by atoms with E-state index in [4.69, 9.17) is 18.6 Å². The predicted molar refractivity (Wildman–Crippen MR) is 122 cm³/mol. The summed E-state index contributed by atoms with van der Waals surface area (Å²) >= 11 is 0. The van der Waals surface area contributed by atoms with Crippen LogP contribution in [0.25, 0.3) is 0 Å². The summed E-state index contributed by atoms with van der Waals surface area (Å²) in [4.78, 5) is 38.8. The largest absolute Gasteiger partial charge is 0.485 e. The lowest BCUT2D eigenvalue weighted by Crippen LogP contribution is -2.38. The maximum Gasteiger partial charge on any atom is 0.287 e. The number of Topliss-reactive ketones (excluding diaryl/α,β-unsaturated/α-hetero) is 1. The third-order valence-electron chi connectivity index (χ3n) is 5.28. The molecule has 0 aliphatic carbocycles. The molecule has 0 atom stereocenters. The average Bonchev–Trinajstić information content (AvgIpc) is 3.35. The van der Waals surface area contributed by atoms with Crippen LogP contribution >= 0.6 is 0 Å². The summed E-state index contributed by atoms with van der Waals surface area (Å²) in [7, 11) is 1.52. The minimum Gasteiger partial charge on any atom is -0.485 e. The number of hydrogen-bond donors (Lipinski definition) is 1. The molecule has 0 unspecified atom stereocenters. The third-order valence-corrected chi connectivity index (χ3v) is 5.28. The van der Waals surface area contributed by atoms with Crippen molar-refractivity contribution in [3.05, 3.63) is 77.2 Å². The molecule has 2 aromatic carbocycles. The molecule has 0 spiro atoms. The predicted octanol–water partition coefficient (Wildman–Crippen LogP) is 3.12. The standard InChI is InChI=1S/C25H22F2N2O7/c1-33-9-8-28-25(32)23-7-4-17(36-23)12-29-20-10-15(2-6-22(20)35-14-24(29)31)21(30)13-34-16-3-5-18(26)19(27)11-16/h2-7,10-11H,8-9,12-14H2,1H3,(H,28,32). The van der Waals surface area contributed by atoms with E-state index >= 15 is 0 Å². The van der Waals surface area contributed by atoms with Gasteiger partial charge in [0.15, 0.2) is 36.4 Å². The maximum atomic E-state index is 13.4. The summed E-state index contributed by atoms with van der Waals surface area (Å²) in [6.07, 6.45) is 0. The van der Waals surface area contributed by atoms with Gasteiger partial charge in [0.05, 0.1) is 18.8 Å². The van der Waals surface area contributed by atoms with Crippen LogP contribution in [0, 0.1) is 11.6 Å². The van der Waals surface area contributed by atoms with E-state index in [1.807, 2.05) is 0 Å². The minimum absolute atomic E-state index is 0.000211. The zero-order chi connectivity index (χ0) is 25.7. The molecule has 0 fully saturated rings. The van der Waals surface area contributed by atoms with E-state index in [0.29, 0.717) is 30.3 Å². The number of ketones is 1. The number of carbonyl (C=O) groups is 3. The van der Waals surface area contributed by atoms with Gasteiger partial charge in [-0.25, -0.2) is 8.78 Å². The zero-order valence-electron chi connectivity index (χ0n) is 19.2. The number of nitrogens with one attached hydrogen (secondary N) is 1. The Bertz CT molecular complexity index is 1290. The molecule has 0 saturated heterocycles. The number of amides is 2. The third kappa shape index (κ3) is 5.69. The second-order valence-corrected chi connectivity index (χ2v) is 7.75. The summed E-state index contributed by atoms with van der Waals surface area (Å²) in [5.41, 5.74) is 0.560. The topological polar surface area (TPSA) is 107 Å². The van der Waals surface area contributed by atoms with Gasteiger partial charge in [0.2, 0.25) is 0 Å². The van der Waals surface area contributed by atoms with Gasteiger partial charge in [-0.2, -0.15) is 0 Å². The van der Waals surface area contributed by atoms with Crippen LogP contribution in [-0.4, -0.2) is 51.1 Å². The molecule has 9 nitrogen and oxygen atoms in total. The lowest BCUT2D eigenvalue weighted by atomic mass is 10.1. The van der Waals surface area contributed by atoms with Gasteiger partial charge in [-0.15, -0.1) is 0 Å². The highest BCUT2D eigenvalue weighted by molar-refractivity contribution is 6.02. The van der Waals surface area contributed by atoms with Crippen molar-refractivity contribution in [3.8, 4) is 11.5 Å². The van der Waals surface area contributed by atoms with Gasteiger partial charge in [-0.05, 0) is 42.5 Å². The second kappa shape index (κ2) is 11.0. The van der Waals surface area contributed by atoms with Crippen LogP contribution in [0.15, 0.2) is 52.9 Å². The highest BCUT2D eigenvalue weighted by Crippen LogP contribution is 2.34. The summed E-state index contributed by atoms with van der Waals surface area (Å²) in [5.74, 6) is -2.53. The Morgan fingerprint density at radius 2 is 1.92 bits per heavy atom. The molecule has 4 rings (SSSR count). The van der Waals surface area contributed by atoms with E-state index in [9.17, 15) is 23.2 Å². The van der Waals surface area contributed by atoms with E-state index in [0.717, 1.165) is 12.1 Å². The van der Waals surface area contributed by atoms with Crippen molar-refractivity contribution in [2.75, 3.05) is 38.4 Å². The SMILES string of the molecule is COCCNC(=O)c1ccc(CN2C(=O)COc3ccc(C(=O)COc4ccc(F)c(F)c4)cc32)o1. The fourth-order valence-corrected chi connectivity index (χ4v) is 3.44. The lowest BCUT2D eigenvalue weighted by Gasteiger charge is -2.29. The molecule has 2 heterocycles. The highest BCUT2D eigenvalue weighted by atomic mass is 19.2. The molecule has 1 aliphatic heterocycles. The molecular formula is C25H22F2N2O7. The molecule has 36 heavy (non-hydrogen) atoms. The highest BCUT2D eigenvalue weighted by Gasteiger charge is 2.28.